The van der Waals surface area contributed by atoms with Crippen LogP contribution in [0.5, 0.6) is 11.5 Å². The third-order valence-electron chi connectivity index (χ3n) is 4.76. The third kappa shape index (κ3) is 4.14. The number of halogens is 1. The molecule has 3 aromatic rings. The maximum absolute atomic E-state index is 12.8. The average Bonchev–Trinajstić information content (AvgIpc) is 3.25. The van der Waals surface area contributed by atoms with Crippen LogP contribution in [0.25, 0.3) is 6.08 Å². The molecule has 1 aliphatic rings. The smallest absolute Gasteiger partial charge is 0.311 e. The lowest BCUT2D eigenvalue weighted by atomic mass is 10.0. The summed E-state index contributed by atoms with van der Waals surface area (Å²) in [6, 6.07) is 12.5. The Kier molecular flexibility index (Phi) is 5.42. The van der Waals surface area contributed by atoms with Gasteiger partial charge in [0.1, 0.15) is 17.3 Å². The van der Waals surface area contributed by atoms with Gasteiger partial charge in [0.05, 0.1) is 12.0 Å². The van der Waals surface area contributed by atoms with E-state index in [0.29, 0.717) is 34.8 Å². The molecule has 0 bridgehead atoms. The number of allylic oxidation sites excluding steroid dienone is 1. The van der Waals surface area contributed by atoms with Crippen LogP contribution in [0.2, 0.25) is 5.15 Å². The number of ketones is 1. The lowest BCUT2D eigenvalue weighted by Crippen LogP contribution is -2.09. The zero-order valence-corrected chi connectivity index (χ0v) is 17.2. The molecule has 1 aromatic heterocycles. The fourth-order valence-electron chi connectivity index (χ4n) is 3.24. The molecule has 0 saturated carbocycles. The molecule has 0 amide bonds. The van der Waals surface area contributed by atoms with Gasteiger partial charge in [-0.2, -0.15) is 0 Å². The first-order valence-corrected chi connectivity index (χ1v) is 9.75. The summed E-state index contributed by atoms with van der Waals surface area (Å²) in [4.78, 5) is 25.0. The molecule has 0 atom stereocenters. The minimum Gasteiger partial charge on any atom is -0.452 e. The van der Waals surface area contributed by atoms with E-state index in [1.807, 2.05) is 31.2 Å². The average molecular weight is 424 g/mol. The molecule has 0 aliphatic carbocycles. The van der Waals surface area contributed by atoms with Crippen molar-refractivity contribution in [2.45, 2.75) is 26.7 Å². The van der Waals surface area contributed by atoms with Crippen LogP contribution in [0.1, 0.15) is 39.2 Å². The van der Waals surface area contributed by atoms with Gasteiger partial charge in [0.25, 0.3) is 0 Å². The van der Waals surface area contributed by atoms with Crippen molar-refractivity contribution in [3.05, 3.63) is 81.4 Å². The number of hydrogen-bond acceptors (Lipinski definition) is 6. The van der Waals surface area contributed by atoms with Gasteiger partial charge in [0, 0.05) is 18.6 Å². The molecule has 30 heavy (non-hydrogen) atoms. The number of aromatic nitrogens is 1. The van der Waals surface area contributed by atoms with Gasteiger partial charge < -0.3 is 14.0 Å². The van der Waals surface area contributed by atoms with Crippen LogP contribution < -0.4 is 9.47 Å². The first kappa shape index (κ1) is 19.9. The second-order valence-corrected chi connectivity index (χ2v) is 7.39. The number of rotatable bonds is 5. The lowest BCUT2D eigenvalue weighted by molar-refractivity contribution is -0.134. The van der Waals surface area contributed by atoms with Gasteiger partial charge in [0.2, 0.25) is 5.78 Å². The molecular weight excluding hydrogens is 406 g/mol. The van der Waals surface area contributed by atoms with Gasteiger partial charge >= 0.3 is 5.97 Å². The highest BCUT2D eigenvalue weighted by molar-refractivity contribution is 6.29. The number of fused-ring (bicyclic) bond motifs is 1. The Hall–Kier alpha value is -3.38. The number of aryl methyl sites for hydroxylation is 3. The maximum atomic E-state index is 12.8. The molecule has 0 radical (unpaired) electrons. The Balaban J connectivity index is 1.49. The van der Waals surface area contributed by atoms with Crippen LogP contribution >= 0.6 is 11.6 Å². The summed E-state index contributed by atoms with van der Waals surface area (Å²) in [5.74, 6) is 0.809. The van der Waals surface area contributed by atoms with Crippen molar-refractivity contribution in [3.8, 4) is 11.5 Å². The molecule has 0 fully saturated rings. The number of benzene rings is 2. The predicted molar refractivity (Wildman–Crippen MR) is 111 cm³/mol. The van der Waals surface area contributed by atoms with Crippen LogP contribution in [0.3, 0.4) is 0 Å². The van der Waals surface area contributed by atoms with Crippen molar-refractivity contribution in [1.29, 1.82) is 0 Å². The van der Waals surface area contributed by atoms with E-state index >= 15 is 0 Å². The molecule has 152 valence electrons. The van der Waals surface area contributed by atoms with Crippen molar-refractivity contribution < 1.29 is 23.6 Å². The van der Waals surface area contributed by atoms with Crippen molar-refractivity contribution in [2.24, 2.45) is 0 Å². The highest BCUT2D eigenvalue weighted by atomic mass is 35.5. The quantitative estimate of drug-likeness (QED) is 0.323. The molecule has 2 heterocycles. The Morgan fingerprint density at radius 2 is 1.97 bits per heavy atom. The zero-order chi connectivity index (χ0) is 21.3. The Labute approximate surface area is 178 Å². The van der Waals surface area contributed by atoms with E-state index in [9.17, 15) is 9.59 Å². The van der Waals surface area contributed by atoms with Gasteiger partial charge in [-0.05, 0) is 42.7 Å². The summed E-state index contributed by atoms with van der Waals surface area (Å²) >= 11 is 5.69. The SMILES string of the molecule is Cc1ccccc1/C=C1\Oc2cc(OC(=O)CCc3cc(Cl)no3)cc(C)c2C1=O. The second-order valence-electron chi connectivity index (χ2n) is 7.00. The van der Waals surface area contributed by atoms with Crippen LogP contribution in [0.4, 0.5) is 0 Å². The highest BCUT2D eigenvalue weighted by Gasteiger charge is 2.30. The molecule has 0 spiro atoms. The minimum absolute atomic E-state index is 0.0971. The molecule has 0 saturated heterocycles. The van der Waals surface area contributed by atoms with E-state index < -0.39 is 5.97 Å². The van der Waals surface area contributed by atoms with Gasteiger partial charge in [-0.3, -0.25) is 9.59 Å². The normalized spacial score (nSPS) is 14.0. The van der Waals surface area contributed by atoms with Crippen LogP contribution in [0, 0.1) is 13.8 Å². The summed E-state index contributed by atoms with van der Waals surface area (Å²) in [7, 11) is 0. The Morgan fingerprint density at radius 3 is 2.70 bits per heavy atom. The first-order valence-electron chi connectivity index (χ1n) is 9.37. The number of nitrogens with zero attached hydrogens (tertiary/aromatic N) is 1. The first-order chi connectivity index (χ1) is 14.4. The van der Waals surface area contributed by atoms with Crippen molar-refractivity contribution in [3.63, 3.8) is 0 Å². The Bertz CT molecular complexity index is 1180. The molecule has 1 aliphatic heterocycles. The van der Waals surface area contributed by atoms with Crippen LogP contribution in [-0.2, 0) is 11.2 Å². The summed E-state index contributed by atoms with van der Waals surface area (Å²) < 4.78 is 16.2. The van der Waals surface area contributed by atoms with Crippen LogP contribution in [0.15, 0.2) is 52.7 Å². The van der Waals surface area contributed by atoms with Crippen molar-refractivity contribution >= 4 is 29.4 Å². The van der Waals surface area contributed by atoms with E-state index in [1.165, 1.54) is 0 Å². The van der Waals surface area contributed by atoms with E-state index in [0.717, 1.165) is 11.1 Å². The van der Waals surface area contributed by atoms with E-state index in [1.54, 1.807) is 31.2 Å². The molecule has 4 rings (SSSR count). The van der Waals surface area contributed by atoms with Gasteiger partial charge in [-0.15, -0.1) is 0 Å². The molecule has 6 nitrogen and oxygen atoms in total. The van der Waals surface area contributed by atoms with Crippen LogP contribution in [-0.4, -0.2) is 16.9 Å². The second kappa shape index (κ2) is 8.16. The minimum atomic E-state index is -0.443. The summed E-state index contributed by atoms with van der Waals surface area (Å²) in [5.41, 5.74) is 3.10. The van der Waals surface area contributed by atoms with E-state index in [2.05, 4.69) is 5.16 Å². The van der Waals surface area contributed by atoms with Crippen molar-refractivity contribution in [1.82, 2.24) is 5.16 Å². The number of Topliss-reactive ketones (excluding diaryl/α,β-unsaturated/α-hetero) is 1. The largest absolute Gasteiger partial charge is 0.452 e. The number of carbonyl (C=O) groups is 2. The van der Waals surface area contributed by atoms with Crippen molar-refractivity contribution in [2.75, 3.05) is 0 Å². The summed E-state index contributed by atoms with van der Waals surface area (Å²) in [5, 5.41) is 3.80. The van der Waals surface area contributed by atoms with E-state index in [-0.39, 0.29) is 23.1 Å². The topological polar surface area (TPSA) is 78.6 Å². The Morgan fingerprint density at radius 1 is 1.17 bits per heavy atom. The number of carbonyl (C=O) groups excluding carboxylic acids is 2. The fourth-order valence-corrected chi connectivity index (χ4v) is 3.40. The zero-order valence-electron chi connectivity index (χ0n) is 16.4. The van der Waals surface area contributed by atoms with Gasteiger partial charge in [0.15, 0.2) is 10.9 Å². The molecule has 0 N–H and O–H groups in total. The molecular formula is C23H18ClNO5. The van der Waals surface area contributed by atoms with E-state index in [4.69, 9.17) is 25.6 Å². The summed E-state index contributed by atoms with van der Waals surface area (Å²) in [6.45, 7) is 3.75. The monoisotopic (exact) mass is 423 g/mol. The predicted octanol–water partition coefficient (Wildman–Crippen LogP) is 5.10. The number of hydrogen-bond donors (Lipinski definition) is 0. The van der Waals surface area contributed by atoms with Gasteiger partial charge in [-0.25, -0.2) is 0 Å². The molecule has 0 unspecified atom stereocenters. The summed E-state index contributed by atoms with van der Waals surface area (Å²) in [6.07, 6.45) is 2.14. The maximum Gasteiger partial charge on any atom is 0.311 e. The number of ether oxygens (including phenoxy) is 2. The van der Waals surface area contributed by atoms with Gasteiger partial charge in [-0.1, -0.05) is 41.0 Å². The lowest BCUT2D eigenvalue weighted by Gasteiger charge is -2.07. The number of esters is 1. The molecule has 2 aromatic carbocycles. The molecule has 7 heteroatoms. The fraction of sp³-hybridized carbons (Fsp3) is 0.174. The standard InChI is InChI=1S/C23H18ClNO5/c1-13-5-3-4-6-15(13)10-19-23(27)22-14(2)9-17(11-18(22)29-19)28-21(26)8-7-16-12-20(24)25-30-16/h3-6,9-12H,7-8H2,1-2H3/b19-10-. The third-order valence-corrected chi connectivity index (χ3v) is 4.93. The highest BCUT2D eigenvalue weighted by Crippen LogP contribution is 2.37.